The van der Waals surface area contributed by atoms with E-state index in [0.29, 0.717) is 0 Å². The Morgan fingerprint density at radius 3 is 2.04 bits per heavy atom. The lowest BCUT2D eigenvalue weighted by atomic mass is 10.0. The van der Waals surface area contributed by atoms with E-state index in [1.54, 1.807) is 7.11 Å². The number of ether oxygens (including phenoxy) is 1. The third-order valence-electron chi connectivity index (χ3n) is 4.70. The van der Waals surface area contributed by atoms with Crippen LogP contribution < -0.4 is 15.1 Å². The van der Waals surface area contributed by atoms with Gasteiger partial charge in [0.05, 0.1) is 7.11 Å². The Morgan fingerprint density at radius 2 is 1.40 bits per heavy atom. The van der Waals surface area contributed by atoms with Crippen LogP contribution in [0.25, 0.3) is 0 Å². The summed E-state index contributed by atoms with van der Waals surface area (Å²) in [6, 6.07) is 25.8. The molecule has 0 heterocycles. The summed E-state index contributed by atoms with van der Waals surface area (Å²) >= 11 is 0. The van der Waals surface area contributed by atoms with Gasteiger partial charge in [0.1, 0.15) is 13.8 Å². The fraction of sp³-hybridized carbons (Fsp3) is 0.136. The summed E-state index contributed by atoms with van der Waals surface area (Å²) in [5.74, 6) is 0.946. The zero-order valence-electron chi connectivity index (χ0n) is 14.8. The molecule has 0 aromatic heterocycles. The fourth-order valence-electron chi connectivity index (χ4n) is 2.97. The van der Waals surface area contributed by atoms with Crippen molar-refractivity contribution in [2.24, 2.45) is 0 Å². The minimum absolute atomic E-state index is 0.0630. The van der Waals surface area contributed by atoms with Crippen LogP contribution in [0.3, 0.4) is 0 Å². The number of ketones is 1. The van der Waals surface area contributed by atoms with Crippen molar-refractivity contribution in [1.82, 2.24) is 0 Å². The molecule has 0 spiro atoms. The summed E-state index contributed by atoms with van der Waals surface area (Å²) < 4.78 is 5.36. The Morgan fingerprint density at radius 1 is 0.760 bits per heavy atom. The highest BCUT2D eigenvalue weighted by Crippen LogP contribution is 2.13. The van der Waals surface area contributed by atoms with Crippen molar-refractivity contribution in [2.75, 3.05) is 7.11 Å². The van der Waals surface area contributed by atoms with Crippen molar-refractivity contribution in [2.45, 2.75) is 13.1 Å². The average Bonchev–Trinajstić information content (AvgIpc) is 2.68. The van der Waals surface area contributed by atoms with Gasteiger partial charge in [0.15, 0.2) is 5.78 Å². The smallest absolute Gasteiger partial charge is 0.193 e. The Bertz CT molecular complexity index is 868. The molecule has 2 nitrogen and oxygen atoms in total. The first-order chi connectivity index (χ1) is 12.0. The number of carbonyl (C=O) groups excluding carboxylic acids is 1. The van der Waals surface area contributed by atoms with Crippen LogP contribution in [0.2, 0.25) is 13.1 Å². The van der Waals surface area contributed by atoms with E-state index >= 15 is 0 Å². The lowest BCUT2D eigenvalue weighted by molar-refractivity contribution is 0.103. The van der Waals surface area contributed by atoms with E-state index in [-0.39, 0.29) is 5.78 Å². The molecular weight excluding hydrogens is 324 g/mol. The predicted octanol–water partition coefficient (Wildman–Crippen LogP) is 3.75. The minimum Gasteiger partial charge on any atom is -0.497 e. The summed E-state index contributed by atoms with van der Waals surface area (Å²) in [4.78, 5) is 12.6. The van der Waals surface area contributed by atoms with Crippen molar-refractivity contribution in [3.8, 4) is 5.75 Å². The monoisotopic (exact) mass is 346 g/mol. The van der Waals surface area contributed by atoms with E-state index < -0.39 is 8.07 Å². The summed E-state index contributed by atoms with van der Waals surface area (Å²) in [5.41, 5.74) is 1.45. The molecule has 0 atom stereocenters. The number of methoxy groups -OCH3 is 1. The Labute approximate surface area is 150 Å². The highest BCUT2D eigenvalue weighted by Gasteiger charge is 2.26. The van der Waals surface area contributed by atoms with Gasteiger partial charge in [-0.3, -0.25) is 4.79 Å². The third-order valence-corrected chi connectivity index (χ3v) is 8.23. The van der Waals surface area contributed by atoms with Crippen LogP contribution in [0.4, 0.5) is 0 Å². The van der Waals surface area contributed by atoms with E-state index in [2.05, 4.69) is 37.4 Å². The summed E-state index contributed by atoms with van der Waals surface area (Å²) in [7, 11) is -0.139. The summed E-state index contributed by atoms with van der Waals surface area (Å²) in [6.07, 6.45) is 0. The molecule has 126 valence electrons. The lowest BCUT2D eigenvalue weighted by Crippen LogP contribution is -2.52. The van der Waals surface area contributed by atoms with Gasteiger partial charge in [-0.25, -0.2) is 0 Å². The second kappa shape index (κ2) is 7.07. The number of hydrogen-bond donors (Lipinski definition) is 0. The SMILES string of the molecule is COc1cccc([Si](C)(C)c2ccc(C(=O)c3ccccc3)cc2)c1. The fourth-order valence-corrected chi connectivity index (χ4v) is 5.32. The van der Waals surface area contributed by atoms with Crippen molar-refractivity contribution in [1.29, 1.82) is 0 Å². The first kappa shape index (κ1) is 17.2. The summed E-state index contributed by atoms with van der Waals surface area (Å²) in [6.45, 7) is 4.63. The number of carbonyl (C=O) groups is 1. The third kappa shape index (κ3) is 3.56. The van der Waals surface area contributed by atoms with Crippen LogP contribution in [0.5, 0.6) is 5.75 Å². The average molecular weight is 347 g/mol. The van der Waals surface area contributed by atoms with E-state index in [4.69, 9.17) is 4.74 Å². The molecule has 0 fully saturated rings. The molecule has 0 radical (unpaired) electrons. The van der Waals surface area contributed by atoms with Gasteiger partial charge >= 0.3 is 0 Å². The highest BCUT2D eigenvalue weighted by atomic mass is 28.3. The molecule has 0 saturated carbocycles. The van der Waals surface area contributed by atoms with Gasteiger partial charge in [0.2, 0.25) is 0 Å². The maximum absolute atomic E-state index is 12.6. The predicted molar refractivity (Wildman–Crippen MR) is 106 cm³/mol. The zero-order chi connectivity index (χ0) is 17.9. The van der Waals surface area contributed by atoms with Crippen LogP contribution in [-0.2, 0) is 0 Å². The highest BCUT2D eigenvalue weighted by molar-refractivity contribution is 7.00. The minimum atomic E-state index is -1.83. The van der Waals surface area contributed by atoms with Crippen molar-refractivity contribution in [3.63, 3.8) is 0 Å². The van der Waals surface area contributed by atoms with E-state index in [9.17, 15) is 4.79 Å². The van der Waals surface area contributed by atoms with E-state index in [1.807, 2.05) is 54.6 Å². The van der Waals surface area contributed by atoms with Gasteiger partial charge in [-0.15, -0.1) is 0 Å². The normalized spacial score (nSPS) is 11.2. The first-order valence-corrected chi connectivity index (χ1v) is 11.4. The van der Waals surface area contributed by atoms with Crippen molar-refractivity contribution < 1.29 is 9.53 Å². The standard InChI is InChI=1S/C22H22O2Si/c1-24-19-10-7-11-21(16-19)25(2,3)20-14-12-18(13-15-20)22(23)17-8-5-4-6-9-17/h4-16H,1-3H3. The van der Waals surface area contributed by atoms with Gasteiger partial charge in [-0.05, 0) is 12.1 Å². The van der Waals surface area contributed by atoms with Crippen molar-refractivity contribution >= 4 is 24.2 Å². The van der Waals surface area contributed by atoms with Crippen LogP contribution in [0.1, 0.15) is 15.9 Å². The second-order valence-electron chi connectivity index (χ2n) is 6.63. The van der Waals surface area contributed by atoms with Gasteiger partial charge < -0.3 is 4.74 Å². The molecule has 0 aliphatic heterocycles. The molecule has 0 N–H and O–H groups in total. The summed E-state index contributed by atoms with van der Waals surface area (Å²) in [5, 5.41) is 2.61. The maximum atomic E-state index is 12.6. The quantitative estimate of drug-likeness (QED) is 0.519. The molecule has 3 aromatic rings. The number of hydrogen-bond acceptors (Lipinski definition) is 2. The molecule has 0 bridgehead atoms. The van der Waals surface area contributed by atoms with E-state index in [1.165, 1.54) is 10.4 Å². The molecule has 0 aliphatic carbocycles. The van der Waals surface area contributed by atoms with Gasteiger partial charge in [-0.2, -0.15) is 0 Å². The largest absolute Gasteiger partial charge is 0.497 e. The second-order valence-corrected chi connectivity index (χ2v) is 11.0. The van der Waals surface area contributed by atoms with Gasteiger partial charge in [0, 0.05) is 11.1 Å². The molecule has 3 rings (SSSR count). The first-order valence-electron chi connectivity index (χ1n) is 8.37. The van der Waals surface area contributed by atoms with Crippen LogP contribution >= 0.6 is 0 Å². The van der Waals surface area contributed by atoms with Crippen LogP contribution in [0, 0.1) is 0 Å². The Kier molecular flexibility index (Phi) is 4.86. The lowest BCUT2D eigenvalue weighted by Gasteiger charge is -2.24. The van der Waals surface area contributed by atoms with Crippen molar-refractivity contribution in [3.05, 3.63) is 90.0 Å². The van der Waals surface area contributed by atoms with Gasteiger partial charge in [-0.1, -0.05) is 90.2 Å². The molecule has 3 heteroatoms. The molecule has 25 heavy (non-hydrogen) atoms. The molecule has 3 aromatic carbocycles. The van der Waals surface area contributed by atoms with Crippen LogP contribution in [0.15, 0.2) is 78.9 Å². The molecule has 0 unspecified atom stereocenters. The molecular formula is C22H22O2Si. The molecule has 0 amide bonds. The van der Waals surface area contributed by atoms with E-state index in [0.717, 1.165) is 16.9 Å². The van der Waals surface area contributed by atoms with Crippen LogP contribution in [-0.4, -0.2) is 21.0 Å². The maximum Gasteiger partial charge on any atom is 0.193 e. The molecule has 0 aliphatic rings. The zero-order valence-corrected chi connectivity index (χ0v) is 15.8. The number of benzene rings is 3. The Hall–Kier alpha value is -2.65. The van der Waals surface area contributed by atoms with Gasteiger partial charge in [0.25, 0.3) is 0 Å². The topological polar surface area (TPSA) is 26.3 Å². The molecule has 0 saturated heterocycles. The Balaban J connectivity index is 1.89. The number of rotatable bonds is 5.